The van der Waals surface area contributed by atoms with E-state index in [0.717, 1.165) is 44.9 Å². The molecule has 1 amide bonds. The average Bonchev–Trinajstić information content (AvgIpc) is 3.06. The molecule has 0 saturated carbocycles. The first-order chi connectivity index (χ1) is 11.2. The number of nitrogens with zero attached hydrogens (tertiary/aromatic N) is 2. The Kier molecular flexibility index (Phi) is 10.5. The second-order valence-corrected chi connectivity index (χ2v) is 6.49. The van der Waals surface area contributed by atoms with Gasteiger partial charge in [0.1, 0.15) is 0 Å². The zero-order valence-corrected chi connectivity index (χ0v) is 15.4. The van der Waals surface area contributed by atoms with Crippen molar-refractivity contribution in [3.05, 3.63) is 0 Å². The largest absolute Gasteiger partial charge is 0.357 e. The van der Waals surface area contributed by atoms with Crippen molar-refractivity contribution in [2.45, 2.75) is 78.2 Å². The average molecular weight is 325 g/mol. The Morgan fingerprint density at radius 3 is 2.57 bits per heavy atom. The number of hydrogen-bond acceptors (Lipinski definition) is 2. The Morgan fingerprint density at radius 1 is 1.17 bits per heavy atom. The third-order valence-corrected chi connectivity index (χ3v) is 4.27. The Bertz CT molecular complexity index is 351. The molecule has 5 nitrogen and oxygen atoms in total. The minimum Gasteiger partial charge on any atom is -0.357 e. The van der Waals surface area contributed by atoms with Crippen LogP contribution in [0.5, 0.6) is 0 Å². The van der Waals surface area contributed by atoms with Crippen molar-refractivity contribution < 1.29 is 4.79 Å². The molecule has 134 valence electrons. The van der Waals surface area contributed by atoms with E-state index in [1.807, 2.05) is 4.90 Å². The number of unbranched alkanes of at least 4 members (excludes halogenated alkanes) is 3. The van der Waals surface area contributed by atoms with Gasteiger partial charge in [0.2, 0.25) is 5.91 Å². The smallest absolute Gasteiger partial charge is 0.224 e. The minimum absolute atomic E-state index is 0.245. The first kappa shape index (κ1) is 19.8. The lowest BCUT2D eigenvalue weighted by atomic mass is 10.1. The summed E-state index contributed by atoms with van der Waals surface area (Å²) in [5, 5.41) is 6.72. The van der Waals surface area contributed by atoms with E-state index >= 15 is 0 Å². The van der Waals surface area contributed by atoms with Crippen LogP contribution in [-0.4, -0.2) is 49.0 Å². The molecule has 23 heavy (non-hydrogen) atoms. The SMILES string of the molecule is CCCCCCC(C)NC(=NCCC(=O)N1CCCC1)NCC. The third kappa shape index (κ3) is 8.82. The third-order valence-electron chi connectivity index (χ3n) is 4.27. The number of rotatable bonds is 10. The molecule has 1 atom stereocenters. The quantitative estimate of drug-likeness (QED) is 0.369. The number of carbonyl (C=O) groups is 1. The molecule has 1 heterocycles. The zero-order chi connectivity index (χ0) is 16.9. The number of amides is 1. The maximum atomic E-state index is 12.0. The first-order valence-corrected chi connectivity index (χ1v) is 9.50. The maximum Gasteiger partial charge on any atom is 0.224 e. The van der Waals surface area contributed by atoms with E-state index in [0.29, 0.717) is 19.0 Å². The lowest BCUT2D eigenvalue weighted by Crippen LogP contribution is -2.42. The molecule has 0 bridgehead atoms. The van der Waals surface area contributed by atoms with Crippen molar-refractivity contribution in [3.63, 3.8) is 0 Å². The summed E-state index contributed by atoms with van der Waals surface area (Å²) in [5.74, 6) is 1.08. The maximum absolute atomic E-state index is 12.0. The van der Waals surface area contributed by atoms with Gasteiger partial charge in [0.25, 0.3) is 0 Å². The zero-order valence-electron chi connectivity index (χ0n) is 15.4. The number of carbonyl (C=O) groups excluding carboxylic acids is 1. The molecule has 0 aromatic rings. The second-order valence-electron chi connectivity index (χ2n) is 6.49. The molecule has 1 aliphatic rings. The summed E-state index contributed by atoms with van der Waals surface area (Å²) in [7, 11) is 0. The Morgan fingerprint density at radius 2 is 1.91 bits per heavy atom. The van der Waals surface area contributed by atoms with Gasteiger partial charge in [0.05, 0.1) is 6.54 Å². The van der Waals surface area contributed by atoms with Gasteiger partial charge in [0, 0.05) is 32.1 Å². The van der Waals surface area contributed by atoms with Crippen LogP contribution >= 0.6 is 0 Å². The van der Waals surface area contributed by atoms with Crippen molar-refractivity contribution in [1.29, 1.82) is 0 Å². The van der Waals surface area contributed by atoms with Gasteiger partial charge in [-0.05, 0) is 33.1 Å². The van der Waals surface area contributed by atoms with Crippen LogP contribution in [0.2, 0.25) is 0 Å². The van der Waals surface area contributed by atoms with Crippen LogP contribution in [0, 0.1) is 0 Å². The summed E-state index contributed by atoms with van der Waals surface area (Å²) in [6.45, 7) is 9.76. The van der Waals surface area contributed by atoms with Gasteiger partial charge in [0.15, 0.2) is 5.96 Å². The van der Waals surface area contributed by atoms with Gasteiger partial charge < -0.3 is 15.5 Å². The van der Waals surface area contributed by atoms with Crippen molar-refractivity contribution >= 4 is 11.9 Å². The fourth-order valence-electron chi connectivity index (χ4n) is 2.89. The highest BCUT2D eigenvalue weighted by atomic mass is 16.2. The molecule has 1 rings (SSSR count). The van der Waals surface area contributed by atoms with E-state index in [4.69, 9.17) is 0 Å². The van der Waals surface area contributed by atoms with E-state index in [1.54, 1.807) is 0 Å². The van der Waals surface area contributed by atoms with Crippen LogP contribution in [0.4, 0.5) is 0 Å². The number of nitrogens with one attached hydrogen (secondary N) is 2. The van der Waals surface area contributed by atoms with Crippen molar-refractivity contribution in [1.82, 2.24) is 15.5 Å². The second kappa shape index (κ2) is 12.2. The molecular weight excluding hydrogens is 288 g/mol. The van der Waals surface area contributed by atoms with E-state index in [1.165, 1.54) is 25.7 Å². The highest BCUT2D eigenvalue weighted by molar-refractivity contribution is 5.81. The van der Waals surface area contributed by atoms with E-state index in [2.05, 4.69) is 36.4 Å². The standard InChI is InChI=1S/C18H36N4O/c1-4-6-7-8-11-16(3)21-18(19-5-2)20-13-12-17(23)22-14-9-10-15-22/h16H,4-15H2,1-3H3,(H2,19,20,21). The summed E-state index contributed by atoms with van der Waals surface area (Å²) in [6.07, 6.45) is 9.13. The van der Waals surface area contributed by atoms with E-state index < -0.39 is 0 Å². The van der Waals surface area contributed by atoms with E-state index in [-0.39, 0.29) is 5.91 Å². The van der Waals surface area contributed by atoms with Crippen molar-refractivity contribution in [2.75, 3.05) is 26.2 Å². The van der Waals surface area contributed by atoms with Crippen LogP contribution in [0.1, 0.15) is 72.1 Å². The van der Waals surface area contributed by atoms with Gasteiger partial charge in [-0.15, -0.1) is 0 Å². The lowest BCUT2D eigenvalue weighted by molar-refractivity contribution is -0.129. The Labute approximate surface area is 142 Å². The summed E-state index contributed by atoms with van der Waals surface area (Å²) < 4.78 is 0. The van der Waals surface area contributed by atoms with Crippen LogP contribution in [-0.2, 0) is 4.79 Å². The number of guanidine groups is 1. The fraction of sp³-hybridized carbons (Fsp3) is 0.889. The number of aliphatic imine (C=N–C) groups is 1. The molecule has 1 saturated heterocycles. The van der Waals surface area contributed by atoms with Gasteiger partial charge >= 0.3 is 0 Å². The monoisotopic (exact) mass is 324 g/mol. The molecule has 0 radical (unpaired) electrons. The highest BCUT2D eigenvalue weighted by Gasteiger charge is 2.17. The Balaban J connectivity index is 2.29. The highest BCUT2D eigenvalue weighted by Crippen LogP contribution is 2.09. The molecule has 0 aromatic carbocycles. The van der Waals surface area contributed by atoms with E-state index in [9.17, 15) is 4.79 Å². The number of hydrogen-bond donors (Lipinski definition) is 2. The lowest BCUT2D eigenvalue weighted by Gasteiger charge is -2.18. The van der Waals surface area contributed by atoms with Crippen molar-refractivity contribution in [3.8, 4) is 0 Å². The predicted octanol–water partition coefficient (Wildman–Crippen LogP) is 2.91. The molecule has 0 aliphatic carbocycles. The van der Waals surface area contributed by atoms with Crippen LogP contribution < -0.4 is 10.6 Å². The topological polar surface area (TPSA) is 56.7 Å². The van der Waals surface area contributed by atoms with Gasteiger partial charge in [-0.3, -0.25) is 9.79 Å². The number of likely N-dealkylation sites (tertiary alicyclic amines) is 1. The summed E-state index contributed by atoms with van der Waals surface area (Å²) >= 11 is 0. The van der Waals surface area contributed by atoms with Crippen LogP contribution in [0.25, 0.3) is 0 Å². The van der Waals surface area contributed by atoms with Crippen LogP contribution in [0.3, 0.4) is 0 Å². The fourth-order valence-corrected chi connectivity index (χ4v) is 2.89. The van der Waals surface area contributed by atoms with Gasteiger partial charge in [-0.1, -0.05) is 32.6 Å². The van der Waals surface area contributed by atoms with Crippen molar-refractivity contribution in [2.24, 2.45) is 4.99 Å². The van der Waals surface area contributed by atoms with Crippen LogP contribution in [0.15, 0.2) is 4.99 Å². The Hall–Kier alpha value is -1.26. The summed E-state index contributed by atoms with van der Waals surface area (Å²) in [5.41, 5.74) is 0. The molecule has 1 aliphatic heterocycles. The van der Waals surface area contributed by atoms with Gasteiger partial charge in [-0.2, -0.15) is 0 Å². The minimum atomic E-state index is 0.245. The molecule has 5 heteroatoms. The first-order valence-electron chi connectivity index (χ1n) is 9.50. The predicted molar refractivity (Wildman–Crippen MR) is 97.8 cm³/mol. The molecule has 0 spiro atoms. The molecule has 1 unspecified atom stereocenters. The molecular formula is C18H36N4O. The molecule has 2 N–H and O–H groups in total. The molecule has 1 fully saturated rings. The summed E-state index contributed by atoms with van der Waals surface area (Å²) in [6, 6.07) is 0.416. The summed E-state index contributed by atoms with van der Waals surface area (Å²) in [4.78, 5) is 18.5. The molecule has 0 aromatic heterocycles. The van der Waals surface area contributed by atoms with Gasteiger partial charge in [-0.25, -0.2) is 0 Å². The normalized spacial score (nSPS) is 16.5.